The van der Waals surface area contributed by atoms with Crippen LogP contribution in [0, 0.1) is 11.8 Å². The summed E-state index contributed by atoms with van der Waals surface area (Å²) >= 11 is 1.63. The number of thioether (sulfide) groups is 1. The molecule has 4 nitrogen and oxygen atoms in total. The summed E-state index contributed by atoms with van der Waals surface area (Å²) in [5.74, 6) is 1.29. The third kappa shape index (κ3) is 11.6. The van der Waals surface area contributed by atoms with E-state index in [0.717, 1.165) is 12.2 Å². The van der Waals surface area contributed by atoms with Crippen LogP contribution in [0.5, 0.6) is 0 Å². The largest absolute Gasteiger partial charge is 0.481 e. The fraction of sp³-hybridized carbons (Fsp3) is 0.833. The Balaban J connectivity index is 3.49. The maximum Gasteiger partial charge on any atom is 0.303 e. The molecular weight excluding hydrogens is 238 g/mol. The third-order valence-corrected chi connectivity index (χ3v) is 3.23. The van der Waals surface area contributed by atoms with Gasteiger partial charge in [-0.1, -0.05) is 20.8 Å². The van der Waals surface area contributed by atoms with Gasteiger partial charge in [-0.3, -0.25) is 9.59 Å². The summed E-state index contributed by atoms with van der Waals surface area (Å²) < 4.78 is 0. The number of hydrogen-bond donors (Lipinski definition) is 2. The van der Waals surface area contributed by atoms with Gasteiger partial charge in [0.05, 0.1) is 5.75 Å². The van der Waals surface area contributed by atoms with Crippen molar-refractivity contribution in [2.45, 2.75) is 33.6 Å². The van der Waals surface area contributed by atoms with E-state index in [4.69, 9.17) is 5.11 Å². The van der Waals surface area contributed by atoms with Gasteiger partial charge in [-0.25, -0.2) is 0 Å². The number of carbonyl (C=O) groups excluding carboxylic acids is 1. The van der Waals surface area contributed by atoms with Crippen LogP contribution in [0.4, 0.5) is 0 Å². The topological polar surface area (TPSA) is 66.4 Å². The van der Waals surface area contributed by atoms with E-state index >= 15 is 0 Å². The Morgan fingerprint density at radius 1 is 1.29 bits per heavy atom. The third-order valence-electron chi connectivity index (χ3n) is 2.24. The molecule has 0 aliphatic carbocycles. The second kappa shape index (κ2) is 9.33. The van der Waals surface area contributed by atoms with E-state index in [0.29, 0.717) is 18.2 Å². The minimum atomic E-state index is -0.821. The summed E-state index contributed by atoms with van der Waals surface area (Å²) in [6.07, 6.45) is 1.22. The van der Waals surface area contributed by atoms with Crippen LogP contribution in [0.3, 0.4) is 0 Å². The molecule has 0 spiro atoms. The van der Waals surface area contributed by atoms with Gasteiger partial charge in [-0.2, -0.15) is 11.8 Å². The molecule has 1 amide bonds. The highest BCUT2D eigenvalue weighted by atomic mass is 32.2. The lowest BCUT2D eigenvalue weighted by Gasteiger charge is -2.10. The monoisotopic (exact) mass is 261 g/mol. The van der Waals surface area contributed by atoms with Gasteiger partial charge in [0.25, 0.3) is 0 Å². The number of carbonyl (C=O) groups is 2. The van der Waals surface area contributed by atoms with Crippen LogP contribution in [0.25, 0.3) is 0 Å². The van der Waals surface area contributed by atoms with Gasteiger partial charge in [0.15, 0.2) is 0 Å². The standard InChI is InChI=1S/C12H23NO3S/c1-9(2)4-5-17-8-11(14)13-7-10(3)6-12(15)16/h9-10H,4-8H2,1-3H3,(H,13,14)(H,15,16). The molecule has 0 aromatic heterocycles. The second-order valence-corrected chi connectivity index (χ2v) is 5.85. The summed E-state index contributed by atoms with van der Waals surface area (Å²) in [6.45, 7) is 6.58. The van der Waals surface area contributed by atoms with Gasteiger partial charge in [0.1, 0.15) is 0 Å². The van der Waals surface area contributed by atoms with Gasteiger partial charge in [0.2, 0.25) is 5.91 Å². The first-order valence-corrected chi connectivity index (χ1v) is 7.13. The highest BCUT2D eigenvalue weighted by molar-refractivity contribution is 7.99. The number of amides is 1. The zero-order valence-electron chi connectivity index (χ0n) is 10.9. The minimum Gasteiger partial charge on any atom is -0.481 e. The van der Waals surface area contributed by atoms with E-state index in [2.05, 4.69) is 19.2 Å². The molecule has 0 radical (unpaired) electrons. The van der Waals surface area contributed by atoms with E-state index < -0.39 is 5.97 Å². The van der Waals surface area contributed by atoms with Gasteiger partial charge in [-0.05, 0) is 24.0 Å². The number of aliphatic carboxylic acids is 1. The maximum absolute atomic E-state index is 11.4. The molecule has 5 heteroatoms. The van der Waals surface area contributed by atoms with Crippen molar-refractivity contribution in [1.82, 2.24) is 5.32 Å². The van der Waals surface area contributed by atoms with Crippen molar-refractivity contribution in [2.24, 2.45) is 11.8 Å². The van der Waals surface area contributed by atoms with Crippen molar-refractivity contribution in [3.8, 4) is 0 Å². The van der Waals surface area contributed by atoms with Crippen LogP contribution in [0.2, 0.25) is 0 Å². The first kappa shape index (κ1) is 16.3. The summed E-state index contributed by atoms with van der Waals surface area (Å²) in [7, 11) is 0. The van der Waals surface area contributed by atoms with Gasteiger partial charge >= 0.3 is 5.97 Å². The second-order valence-electron chi connectivity index (χ2n) is 4.74. The molecule has 17 heavy (non-hydrogen) atoms. The molecular formula is C12H23NO3S. The zero-order chi connectivity index (χ0) is 13.3. The average molecular weight is 261 g/mol. The fourth-order valence-electron chi connectivity index (χ4n) is 1.19. The molecule has 0 saturated heterocycles. The highest BCUT2D eigenvalue weighted by Crippen LogP contribution is 2.08. The molecule has 2 N–H and O–H groups in total. The van der Waals surface area contributed by atoms with Crippen LogP contribution in [0.1, 0.15) is 33.6 Å². The predicted molar refractivity (Wildman–Crippen MR) is 71.2 cm³/mol. The summed E-state index contributed by atoms with van der Waals surface area (Å²) in [5.41, 5.74) is 0. The van der Waals surface area contributed by atoms with Crippen molar-refractivity contribution >= 4 is 23.6 Å². The molecule has 0 bridgehead atoms. The number of carboxylic acids is 1. The first-order valence-electron chi connectivity index (χ1n) is 5.98. The van der Waals surface area contributed by atoms with Crippen molar-refractivity contribution in [3.63, 3.8) is 0 Å². The van der Waals surface area contributed by atoms with Crippen LogP contribution < -0.4 is 5.32 Å². The lowest BCUT2D eigenvalue weighted by atomic mass is 10.1. The predicted octanol–water partition coefficient (Wildman–Crippen LogP) is 1.99. The molecule has 0 rings (SSSR count). The number of rotatable bonds is 9. The smallest absolute Gasteiger partial charge is 0.303 e. The Morgan fingerprint density at radius 2 is 1.94 bits per heavy atom. The van der Waals surface area contributed by atoms with Crippen LogP contribution >= 0.6 is 11.8 Å². The van der Waals surface area contributed by atoms with Crippen molar-refractivity contribution in [3.05, 3.63) is 0 Å². The lowest BCUT2D eigenvalue weighted by Crippen LogP contribution is -2.30. The van der Waals surface area contributed by atoms with Crippen molar-refractivity contribution in [1.29, 1.82) is 0 Å². The Morgan fingerprint density at radius 3 is 2.47 bits per heavy atom. The summed E-state index contributed by atoms with van der Waals surface area (Å²) in [5, 5.41) is 11.3. The van der Waals surface area contributed by atoms with Gasteiger partial charge in [0, 0.05) is 13.0 Å². The van der Waals surface area contributed by atoms with Crippen LogP contribution in [-0.2, 0) is 9.59 Å². The highest BCUT2D eigenvalue weighted by Gasteiger charge is 2.09. The number of nitrogens with one attached hydrogen (secondary N) is 1. The molecule has 100 valence electrons. The van der Waals surface area contributed by atoms with Crippen molar-refractivity contribution in [2.75, 3.05) is 18.1 Å². The lowest BCUT2D eigenvalue weighted by molar-refractivity contribution is -0.138. The van der Waals surface area contributed by atoms with Crippen molar-refractivity contribution < 1.29 is 14.7 Å². The van der Waals surface area contributed by atoms with Crippen LogP contribution in [0.15, 0.2) is 0 Å². The fourth-order valence-corrected chi connectivity index (χ4v) is 2.26. The molecule has 0 heterocycles. The average Bonchev–Trinajstić information content (AvgIpc) is 2.20. The first-order chi connectivity index (χ1) is 7.91. The SMILES string of the molecule is CC(C)CCSCC(=O)NCC(C)CC(=O)O. The molecule has 0 aliphatic heterocycles. The Kier molecular flexibility index (Phi) is 8.94. The molecule has 1 unspecified atom stereocenters. The summed E-state index contributed by atoms with van der Waals surface area (Å²) in [6, 6.07) is 0. The summed E-state index contributed by atoms with van der Waals surface area (Å²) in [4.78, 5) is 21.8. The van der Waals surface area contributed by atoms with Crippen LogP contribution in [-0.4, -0.2) is 35.0 Å². The quantitative estimate of drug-likeness (QED) is 0.623. The van der Waals surface area contributed by atoms with E-state index in [1.54, 1.807) is 11.8 Å². The Bertz CT molecular complexity index is 244. The molecule has 0 aromatic carbocycles. The molecule has 0 fully saturated rings. The van der Waals surface area contributed by atoms with E-state index in [-0.39, 0.29) is 18.2 Å². The number of hydrogen-bond acceptors (Lipinski definition) is 3. The minimum absolute atomic E-state index is 0.00371. The Labute approximate surface area is 108 Å². The number of carboxylic acid groups (broad SMARTS) is 1. The normalized spacial score (nSPS) is 12.5. The van der Waals surface area contributed by atoms with E-state index in [9.17, 15) is 9.59 Å². The molecule has 1 atom stereocenters. The molecule has 0 aromatic rings. The zero-order valence-corrected chi connectivity index (χ0v) is 11.7. The van der Waals surface area contributed by atoms with E-state index in [1.165, 1.54) is 0 Å². The van der Waals surface area contributed by atoms with Gasteiger partial charge in [-0.15, -0.1) is 0 Å². The Hall–Kier alpha value is -0.710. The maximum atomic E-state index is 11.4. The van der Waals surface area contributed by atoms with Gasteiger partial charge < -0.3 is 10.4 Å². The molecule has 0 aliphatic rings. The van der Waals surface area contributed by atoms with E-state index in [1.807, 2.05) is 6.92 Å². The molecule has 0 saturated carbocycles.